The minimum Gasteiger partial charge on any atom is -0.378 e. The Bertz CT molecular complexity index is 304. The Morgan fingerprint density at radius 1 is 1.41 bits per heavy atom. The van der Waals surface area contributed by atoms with Crippen molar-refractivity contribution in [2.45, 2.75) is 58.0 Å². The van der Waals surface area contributed by atoms with Crippen molar-refractivity contribution in [3.63, 3.8) is 0 Å². The van der Waals surface area contributed by atoms with E-state index >= 15 is 0 Å². The molecule has 1 fully saturated rings. The van der Waals surface area contributed by atoms with Gasteiger partial charge in [-0.05, 0) is 31.6 Å². The molecule has 1 heterocycles. The van der Waals surface area contributed by atoms with Gasteiger partial charge in [-0.2, -0.15) is 0 Å². The normalized spacial score (nSPS) is 26.9. The van der Waals surface area contributed by atoms with Crippen LogP contribution in [0.3, 0.4) is 0 Å². The monoisotopic (exact) mass is 253 g/mol. The van der Waals surface area contributed by atoms with E-state index in [-0.39, 0.29) is 0 Å². The molecule has 0 spiro atoms. The van der Waals surface area contributed by atoms with Crippen LogP contribution < -0.4 is 0 Å². The zero-order valence-corrected chi connectivity index (χ0v) is 11.7. The summed E-state index contributed by atoms with van der Waals surface area (Å²) in [5.74, 6) is 1.39. The number of ether oxygens (including phenoxy) is 1. The molecule has 0 amide bonds. The van der Waals surface area contributed by atoms with Crippen LogP contribution in [0.2, 0.25) is 0 Å². The average Bonchev–Trinajstić information content (AvgIpc) is 2.90. The van der Waals surface area contributed by atoms with E-state index in [0.717, 1.165) is 6.61 Å². The zero-order chi connectivity index (χ0) is 12.1. The third-order valence-electron chi connectivity index (χ3n) is 3.79. The molecular weight excluding hydrogens is 230 g/mol. The fourth-order valence-electron chi connectivity index (χ4n) is 2.33. The summed E-state index contributed by atoms with van der Waals surface area (Å²) < 4.78 is 5.98. The summed E-state index contributed by atoms with van der Waals surface area (Å²) in [4.78, 5) is 4.43. The second kappa shape index (κ2) is 6.50. The molecule has 0 radical (unpaired) electrons. The highest BCUT2D eigenvalue weighted by molar-refractivity contribution is 7.09. The van der Waals surface area contributed by atoms with E-state index in [1.807, 2.05) is 6.20 Å². The Morgan fingerprint density at radius 3 is 2.76 bits per heavy atom. The molecule has 2 rings (SSSR count). The van der Waals surface area contributed by atoms with Crippen molar-refractivity contribution >= 4 is 11.3 Å². The van der Waals surface area contributed by atoms with Crippen molar-refractivity contribution in [1.82, 2.24) is 4.98 Å². The maximum absolute atomic E-state index is 5.98. The molecule has 0 aliphatic heterocycles. The molecule has 0 N–H and O–H groups in total. The summed E-state index contributed by atoms with van der Waals surface area (Å²) in [6, 6.07) is 0. The predicted molar refractivity (Wildman–Crippen MR) is 72.5 cm³/mol. The zero-order valence-electron chi connectivity index (χ0n) is 10.9. The largest absolute Gasteiger partial charge is 0.378 e. The molecule has 1 aliphatic rings. The molecule has 0 bridgehead atoms. The third-order valence-corrected chi connectivity index (χ3v) is 4.73. The van der Waals surface area contributed by atoms with Gasteiger partial charge in [-0.25, -0.2) is 4.98 Å². The van der Waals surface area contributed by atoms with Crippen LogP contribution in [0.4, 0.5) is 0 Å². The van der Waals surface area contributed by atoms with E-state index in [2.05, 4.69) is 24.2 Å². The molecule has 1 saturated carbocycles. The standard InChI is InChI=1S/C14H23NOS/c1-3-11(2)10-16-13-6-4-12(5-7-13)14-15-8-9-17-14/h8-9,11-13H,3-7,10H2,1-2H3. The van der Waals surface area contributed by atoms with E-state index in [4.69, 9.17) is 4.74 Å². The van der Waals surface area contributed by atoms with Gasteiger partial charge < -0.3 is 4.74 Å². The molecule has 2 nitrogen and oxygen atoms in total. The van der Waals surface area contributed by atoms with Crippen LogP contribution in [0.5, 0.6) is 0 Å². The molecule has 1 aromatic rings. The lowest BCUT2D eigenvalue weighted by molar-refractivity contribution is 0.00705. The summed E-state index contributed by atoms with van der Waals surface area (Å²) in [6.07, 6.45) is 8.55. The predicted octanol–water partition coefficient (Wildman–Crippen LogP) is 4.23. The minimum absolute atomic E-state index is 0.500. The maximum Gasteiger partial charge on any atom is 0.0955 e. The number of nitrogens with zero attached hydrogens (tertiary/aromatic N) is 1. The SMILES string of the molecule is CCC(C)COC1CCC(c2nccs2)CC1. The number of aromatic nitrogens is 1. The smallest absolute Gasteiger partial charge is 0.0955 e. The van der Waals surface area contributed by atoms with Crippen molar-refractivity contribution in [3.8, 4) is 0 Å². The molecule has 0 saturated heterocycles. The Kier molecular flexibility index (Phi) is 4.99. The van der Waals surface area contributed by atoms with E-state index in [9.17, 15) is 0 Å². The Morgan fingerprint density at radius 2 is 2.18 bits per heavy atom. The highest BCUT2D eigenvalue weighted by Gasteiger charge is 2.24. The second-order valence-corrected chi connectivity index (χ2v) is 6.12. The second-order valence-electron chi connectivity index (χ2n) is 5.19. The summed E-state index contributed by atoms with van der Waals surface area (Å²) in [7, 11) is 0. The summed E-state index contributed by atoms with van der Waals surface area (Å²) in [6.45, 7) is 5.43. The van der Waals surface area contributed by atoms with E-state index in [1.54, 1.807) is 11.3 Å². The topological polar surface area (TPSA) is 22.1 Å². The van der Waals surface area contributed by atoms with Gasteiger partial charge in [-0.3, -0.25) is 0 Å². The molecule has 96 valence electrons. The average molecular weight is 253 g/mol. The molecule has 0 aromatic carbocycles. The highest BCUT2D eigenvalue weighted by atomic mass is 32.1. The maximum atomic E-state index is 5.98. The first-order valence-electron chi connectivity index (χ1n) is 6.80. The Labute approximate surface area is 108 Å². The number of rotatable bonds is 5. The lowest BCUT2D eigenvalue weighted by atomic mass is 9.88. The fourth-order valence-corrected chi connectivity index (χ4v) is 3.14. The van der Waals surface area contributed by atoms with Crippen LogP contribution in [0.15, 0.2) is 11.6 Å². The molecule has 1 atom stereocenters. The van der Waals surface area contributed by atoms with Gasteiger partial charge in [0.2, 0.25) is 0 Å². The molecule has 1 aromatic heterocycles. The van der Waals surface area contributed by atoms with Crippen molar-refractivity contribution in [2.24, 2.45) is 5.92 Å². The van der Waals surface area contributed by atoms with Crippen LogP contribution in [-0.2, 0) is 4.74 Å². The van der Waals surface area contributed by atoms with E-state index in [0.29, 0.717) is 17.9 Å². The van der Waals surface area contributed by atoms with Crippen LogP contribution in [0, 0.1) is 5.92 Å². The molecular formula is C14H23NOS. The molecule has 1 unspecified atom stereocenters. The van der Waals surface area contributed by atoms with Crippen LogP contribution in [0.1, 0.15) is 56.9 Å². The van der Waals surface area contributed by atoms with Crippen molar-refractivity contribution in [3.05, 3.63) is 16.6 Å². The van der Waals surface area contributed by atoms with Gasteiger partial charge in [0.15, 0.2) is 0 Å². The van der Waals surface area contributed by atoms with E-state index in [1.165, 1.54) is 37.1 Å². The Balaban J connectivity index is 1.71. The third kappa shape index (κ3) is 3.78. The summed E-state index contributed by atoms with van der Waals surface area (Å²) >= 11 is 1.80. The number of hydrogen-bond donors (Lipinski definition) is 0. The molecule has 3 heteroatoms. The molecule has 17 heavy (non-hydrogen) atoms. The van der Waals surface area contributed by atoms with Gasteiger partial charge in [0.25, 0.3) is 0 Å². The van der Waals surface area contributed by atoms with Crippen molar-refractivity contribution in [1.29, 1.82) is 0 Å². The van der Waals surface area contributed by atoms with Gasteiger partial charge in [0.1, 0.15) is 0 Å². The first-order chi connectivity index (χ1) is 8.29. The number of thiazole rings is 1. The minimum atomic E-state index is 0.500. The Hall–Kier alpha value is -0.410. The van der Waals surface area contributed by atoms with Gasteiger partial charge in [0.05, 0.1) is 11.1 Å². The van der Waals surface area contributed by atoms with Crippen LogP contribution >= 0.6 is 11.3 Å². The van der Waals surface area contributed by atoms with E-state index < -0.39 is 0 Å². The first-order valence-corrected chi connectivity index (χ1v) is 7.68. The molecule has 1 aliphatic carbocycles. The quantitative estimate of drug-likeness (QED) is 0.783. The van der Waals surface area contributed by atoms with Gasteiger partial charge in [-0.15, -0.1) is 11.3 Å². The van der Waals surface area contributed by atoms with Crippen molar-refractivity contribution < 1.29 is 4.74 Å². The lowest BCUT2D eigenvalue weighted by Crippen LogP contribution is -2.22. The highest BCUT2D eigenvalue weighted by Crippen LogP contribution is 2.34. The first kappa shape index (κ1) is 13.0. The number of hydrogen-bond acceptors (Lipinski definition) is 3. The van der Waals surface area contributed by atoms with Gasteiger partial charge in [0, 0.05) is 24.1 Å². The van der Waals surface area contributed by atoms with Gasteiger partial charge >= 0.3 is 0 Å². The lowest BCUT2D eigenvalue weighted by Gasteiger charge is -2.28. The summed E-state index contributed by atoms with van der Waals surface area (Å²) in [5, 5.41) is 3.41. The summed E-state index contributed by atoms with van der Waals surface area (Å²) in [5.41, 5.74) is 0. The van der Waals surface area contributed by atoms with Crippen LogP contribution in [-0.4, -0.2) is 17.7 Å². The fraction of sp³-hybridized carbons (Fsp3) is 0.786. The van der Waals surface area contributed by atoms with Crippen molar-refractivity contribution in [2.75, 3.05) is 6.61 Å². The van der Waals surface area contributed by atoms with Gasteiger partial charge in [-0.1, -0.05) is 20.3 Å². The van der Waals surface area contributed by atoms with Crippen LogP contribution in [0.25, 0.3) is 0 Å².